The zero-order chi connectivity index (χ0) is 13.1. The van der Waals surface area contributed by atoms with Gasteiger partial charge in [-0.1, -0.05) is 22.9 Å². The predicted molar refractivity (Wildman–Crippen MR) is 70.4 cm³/mol. The van der Waals surface area contributed by atoms with Gasteiger partial charge in [0.25, 0.3) is 5.69 Å². The van der Waals surface area contributed by atoms with E-state index in [2.05, 4.69) is 10.3 Å². The fourth-order valence-electron chi connectivity index (χ4n) is 1.40. The monoisotopic (exact) mass is 285 g/mol. The number of hydrogen-bond acceptors (Lipinski definition) is 5. The van der Waals surface area contributed by atoms with Crippen molar-refractivity contribution in [1.29, 1.82) is 0 Å². The summed E-state index contributed by atoms with van der Waals surface area (Å²) < 4.78 is 0. The van der Waals surface area contributed by atoms with Crippen LogP contribution >= 0.6 is 22.9 Å². The molecular formula is C10H8ClN3O3S. The molecule has 18 heavy (non-hydrogen) atoms. The number of hydrogen-bond donors (Lipinski definition) is 2. The fraction of sp³-hybridized carbons (Fsp3) is 0.100. The van der Waals surface area contributed by atoms with Crippen molar-refractivity contribution < 1.29 is 4.92 Å². The Labute approximate surface area is 110 Å². The van der Waals surface area contributed by atoms with Crippen LogP contribution in [0, 0.1) is 10.1 Å². The van der Waals surface area contributed by atoms with E-state index in [9.17, 15) is 14.9 Å². The molecule has 94 valence electrons. The molecule has 0 fully saturated rings. The lowest BCUT2D eigenvalue weighted by atomic mass is 10.2. The van der Waals surface area contributed by atoms with Crippen molar-refractivity contribution in [2.75, 3.05) is 5.32 Å². The summed E-state index contributed by atoms with van der Waals surface area (Å²) in [6, 6.07) is 4.27. The third kappa shape index (κ3) is 2.88. The van der Waals surface area contributed by atoms with E-state index in [1.54, 1.807) is 5.38 Å². The summed E-state index contributed by atoms with van der Waals surface area (Å²) in [7, 11) is 0. The lowest BCUT2D eigenvalue weighted by molar-refractivity contribution is -0.384. The SMILES string of the molecule is O=c1[nH]c(CNc2cc(Cl)ccc2[N+](=O)[O-])cs1. The zero-order valence-corrected chi connectivity index (χ0v) is 10.5. The second kappa shape index (κ2) is 5.19. The second-order valence-corrected chi connectivity index (χ2v) is 4.72. The fourth-order valence-corrected chi connectivity index (χ4v) is 2.15. The van der Waals surface area contributed by atoms with Gasteiger partial charge in [0.1, 0.15) is 5.69 Å². The van der Waals surface area contributed by atoms with E-state index in [0.29, 0.717) is 22.9 Å². The number of thiazole rings is 1. The molecule has 6 nitrogen and oxygen atoms in total. The molecule has 2 aromatic rings. The lowest BCUT2D eigenvalue weighted by Crippen LogP contribution is -2.04. The minimum Gasteiger partial charge on any atom is -0.374 e. The first-order chi connectivity index (χ1) is 8.56. The maximum absolute atomic E-state index is 10.9. The molecule has 0 bridgehead atoms. The first-order valence-electron chi connectivity index (χ1n) is 4.91. The van der Waals surface area contributed by atoms with Crippen LogP contribution in [0.15, 0.2) is 28.4 Å². The van der Waals surface area contributed by atoms with Crippen molar-refractivity contribution >= 4 is 34.3 Å². The first-order valence-corrected chi connectivity index (χ1v) is 6.16. The standard InChI is InChI=1S/C10H8ClN3O3S/c11-6-1-2-9(14(16)17)8(3-6)12-4-7-5-18-10(15)13-7/h1-3,5,12H,4H2,(H,13,15). The summed E-state index contributed by atoms with van der Waals surface area (Å²) in [5.41, 5.74) is 0.927. The number of rotatable bonds is 4. The molecule has 0 saturated heterocycles. The Morgan fingerprint density at radius 2 is 2.28 bits per heavy atom. The van der Waals surface area contributed by atoms with Crippen LogP contribution in [0.3, 0.4) is 0 Å². The van der Waals surface area contributed by atoms with E-state index in [0.717, 1.165) is 11.3 Å². The molecule has 8 heteroatoms. The van der Waals surface area contributed by atoms with E-state index in [-0.39, 0.29) is 10.6 Å². The molecule has 2 N–H and O–H groups in total. The molecule has 1 heterocycles. The molecule has 1 aromatic heterocycles. The smallest absolute Gasteiger partial charge is 0.304 e. The number of aromatic nitrogens is 1. The maximum Gasteiger partial charge on any atom is 0.304 e. The maximum atomic E-state index is 10.9. The molecule has 0 aliphatic rings. The number of nitrogens with zero attached hydrogens (tertiary/aromatic N) is 1. The van der Waals surface area contributed by atoms with Crippen LogP contribution in [0.1, 0.15) is 5.69 Å². The predicted octanol–water partition coefficient (Wildman–Crippen LogP) is 2.61. The van der Waals surface area contributed by atoms with Crippen molar-refractivity contribution in [2.24, 2.45) is 0 Å². The highest BCUT2D eigenvalue weighted by atomic mass is 35.5. The summed E-state index contributed by atoms with van der Waals surface area (Å²) in [5, 5.41) is 15.8. The minimum absolute atomic E-state index is 0.0584. The summed E-state index contributed by atoms with van der Waals surface area (Å²) in [5.74, 6) is 0. The molecule has 2 rings (SSSR count). The van der Waals surface area contributed by atoms with Crippen molar-refractivity contribution in [2.45, 2.75) is 6.54 Å². The van der Waals surface area contributed by atoms with E-state index in [1.807, 2.05) is 0 Å². The molecular weight excluding hydrogens is 278 g/mol. The molecule has 0 unspecified atom stereocenters. The summed E-state index contributed by atoms with van der Waals surface area (Å²) in [4.78, 5) is 23.7. The number of nitro benzene ring substituents is 1. The van der Waals surface area contributed by atoms with Crippen LogP contribution in [0.25, 0.3) is 0 Å². The topological polar surface area (TPSA) is 88.0 Å². The number of anilines is 1. The van der Waals surface area contributed by atoms with Gasteiger partial charge >= 0.3 is 4.87 Å². The zero-order valence-electron chi connectivity index (χ0n) is 8.97. The average molecular weight is 286 g/mol. The number of nitro groups is 1. The normalized spacial score (nSPS) is 10.3. The van der Waals surface area contributed by atoms with Crippen molar-refractivity contribution in [3.05, 3.63) is 54.1 Å². The van der Waals surface area contributed by atoms with Gasteiger partial charge in [0.05, 0.1) is 11.5 Å². The second-order valence-electron chi connectivity index (χ2n) is 3.45. The van der Waals surface area contributed by atoms with Gasteiger partial charge in [-0.05, 0) is 12.1 Å². The third-order valence-electron chi connectivity index (χ3n) is 2.20. The van der Waals surface area contributed by atoms with Crippen molar-refractivity contribution in [1.82, 2.24) is 4.98 Å². The minimum atomic E-state index is -0.491. The highest BCUT2D eigenvalue weighted by molar-refractivity contribution is 7.07. The molecule has 0 radical (unpaired) electrons. The Hall–Kier alpha value is -1.86. The third-order valence-corrected chi connectivity index (χ3v) is 3.15. The highest BCUT2D eigenvalue weighted by Crippen LogP contribution is 2.27. The first kappa shape index (κ1) is 12.6. The molecule has 0 spiro atoms. The Balaban J connectivity index is 2.20. The molecule has 0 aliphatic heterocycles. The molecule has 0 amide bonds. The van der Waals surface area contributed by atoms with Crippen LogP contribution in [0.5, 0.6) is 0 Å². The van der Waals surface area contributed by atoms with Crippen LogP contribution in [0.2, 0.25) is 5.02 Å². The van der Waals surface area contributed by atoms with Crippen LogP contribution in [0.4, 0.5) is 11.4 Å². The molecule has 0 aliphatic carbocycles. The van der Waals surface area contributed by atoms with Gasteiger partial charge in [-0.25, -0.2) is 0 Å². The molecule has 1 aromatic carbocycles. The van der Waals surface area contributed by atoms with Gasteiger partial charge in [-0.3, -0.25) is 14.9 Å². The van der Waals surface area contributed by atoms with E-state index < -0.39 is 4.92 Å². The summed E-state index contributed by atoms with van der Waals surface area (Å²) in [6.45, 7) is 0.292. The number of nitrogens with one attached hydrogen (secondary N) is 2. The Morgan fingerprint density at radius 1 is 1.50 bits per heavy atom. The van der Waals surface area contributed by atoms with Crippen LogP contribution < -0.4 is 10.2 Å². The Kier molecular flexibility index (Phi) is 3.63. The van der Waals surface area contributed by atoms with Gasteiger partial charge in [0.15, 0.2) is 0 Å². The number of halogens is 1. The van der Waals surface area contributed by atoms with Crippen molar-refractivity contribution in [3.63, 3.8) is 0 Å². The van der Waals surface area contributed by atoms with Crippen molar-refractivity contribution in [3.8, 4) is 0 Å². The van der Waals surface area contributed by atoms with Gasteiger partial charge < -0.3 is 10.3 Å². The lowest BCUT2D eigenvalue weighted by Gasteiger charge is -2.06. The Bertz CT molecular complexity index is 637. The highest BCUT2D eigenvalue weighted by Gasteiger charge is 2.13. The molecule has 0 atom stereocenters. The quantitative estimate of drug-likeness (QED) is 0.667. The summed E-state index contributed by atoms with van der Waals surface area (Å²) in [6.07, 6.45) is 0. The largest absolute Gasteiger partial charge is 0.374 e. The van der Waals surface area contributed by atoms with Gasteiger partial charge in [-0.15, -0.1) is 0 Å². The van der Waals surface area contributed by atoms with E-state index >= 15 is 0 Å². The number of benzene rings is 1. The van der Waals surface area contributed by atoms with Gasteiger partial charge in [0, 0.05) is 22.2 Å². The van der Waals surface area contributed by atoms with Crippen LogP contribution in [-0.4, -0.2) is 9.91 Å². The van der Waals surface area contributed by atoms with Gasteiger partial charge in [-0.2, -0.15) is 0 Å². The van der Waals surface area contributed by atoms with E-state index in [4.69, 9.17) is 11.6 Å². The number of aromatic amines is 1. The van der Waals surface area contributed by atoms with E-state index in [1.165, 1.54) is 18.2 Å². The summed E-state index contributed by atoms with van der Waals surface area (Å²) >= 11 is 6.83. The Morgan fingerprint density at radius 3 is 2.89 bits per heavy atom. The van der Waals surface area contributed by atoms with Gasteiger partial charge in [0.2, 0.25) is 0 Å². The number of H-pyrrole nitrogens is 1. The molecule has 0 saturated carbocycles. The average Bonchev–Trinajstić information content (AvgIpc) is 2.72. The van der Waals surface area contributed by atoms with Crippen LogP contribution in [-0.2, 0) is 6.54 Å².